The predicted molar refractivity (Wildman–Crippen MR) is 70.0 cm³/mol. The zero-order valence-electron chi connectivity index (χ0n) is 11.3. The fourth-order valence-corrected chi connectivity index (χ4v) is 1.55. The van der Waals surface area contributed by atoms with Gasteiger partial charge >= 0.3 is 11.9 Å². The fourth-order valence-electron chi connectivity index (χ4n) is 1.55. The molecule has 1 aliphatic carbocycles. The van der Waals surface area contributed by atoms with Gasteiger partial charge in [0.2, 0.25) is 0 Å². The summed E-state index contributed by atoms with van der Waals surface area (Å²) in [5.74, 6) is 1.28. The Morgan fingerprint density at radius 1 is 1.11 bits per heavy atom. The highest BCUT2D eigenvalue weighted by molar-refractivity contribution is 5.91. The topological polar surface area (TPSA) is 72.8 Å². The van der Waals surface area contributed by atoms with E-state index < -0.39 is 17.5 Å². The summed E-state index contributed by atoms with van der Waals surface area (Å²) in [6.07, 6.45) is 12.1. The lowest BCUT2D eigenvalue weighted by Gasteiger charge is -2.26. The van der Waals surface area contributed by atoms with Crippen LogP contribution in [0.3, 0.4) is 0 Å². The van der Waals surface area contributed by atoms with Crippen LogP contribution in [0.15, 0.2) is 12.2 Å². The largest absolute Gasteiger partial charge is 0.466 e. The molecule has 0 aromatic carbocycles. The first-order valence-electron chi connectivity index (χ1n) is 6.01. The van der Waals surface area contributed by atoms with E-state index in [1.807, 2.05) is 0 Å². The molecule has 0 spiro atoms. The summed E-state index contributed by atoms with van der Waals surface area (Å²) in [4.78, 5) is 20.6. The highest BCUT2D eigenvalue weighted by Gasteiger charge is 2.25. The molecule has 1 saturated carbocycles. The number of methoxy groups -OCH3 is 2. The van der Waals surface area contributed by atoms with Crippen molar-refractivity contribution in [1.29, 1.82) is 0 Å². The number of hydrogen-bond acceptors (Lipinski definition) is 5. The Labute approximate surface area is 113 Å². The minimum absolute atomic E-state index is 0.578. The van der Waals surface area contributed by atoms with E-state index in [4.69, 9.17) is 6.42 Å². The van der Waals surface area contributed by atoms with Crippen molar-refractivity contribution in [2.75, 3.05) is 14.2 Å². The van der Waals surface area contributed by atoms with Crippen LogP contribution in [0.5, 0.6) is 0 Å². The summed E-state index contributed by atoms with van der Waals surface area (Å²) < 4.78 is 8.42. The van der Waals surface area contributed by atoms with E-state index in [1.54, 1.807) is 0 Å². The van der Waals surface area contributed by atoms with Crippen molar-refractivity contribution in [3.05, 3.63) is 12.2 Å². The van der Waals surface area contributed by atoms with Crippen LogP contribution >= 0.6 is 0 Å². The van der Waals surface area contributed by atoms with Crippen molar-refractivity contribution < 1.29 is 24.2 Å². The number of carbonyl (C=O) groups is 2. The Morgan fingerprint density at radius 3 is 1.79 bits per heavy atom. The summed E-state index contributed by atoms with van der Waals surface area (Å²) in [5.41, 5.74) is -0.752. The van der Waals surface area contributed by atoms with Crippen molar-refractivity contribution in [1.82, 2.24) is 0 Å². The molecule has 106 valence electrons. The highest BCUT2D eigenvalue weighted by Crippen LogP contribution is 2.26. The van der Waals surface area contributed by atoms with E-state index in [-0.39, 0.29) is 0 Å². The number of ether oxygens (including phenoxy) is 2. The van der Waals surface area contributed by atoms with Gasteiger partial charge in [-0.25, -0.2) is 9.59 Å². The maximum atomic E-state index is 10.3. The van der Waals surface area contributed by atoms with Crippen molar-refractivity contribution >= 4 is 11.9 Å². The Bertz CT molecular complexity index is 341. The normalized spacial score (nSPS) is 16.7. The third-order valence-corrected chi connectivity index (χ3v) is 2.71. The third kappa shape index (κ3) is 8.01. The van der Waals surface area contributed by atoms with Crippen molar-refractivity contribution in [3.8, 4) is 12.3 Å². The second-order valence-electron chi connectivity index (χ2n) is 4.12. The van der Waals surface area contributed by atoms with Gasteiger partial charge in [0.15, 0.2) is 0 Å². The summed E-state index contributed by atoms with van der Waals surface area (Å²) in [5, 5.41) is 9.44. The molecule has 1 rings (SSSR count). The highest BCUT2D eigenvalue weighted by atomic mass is 16.5. The van der Waals surface area contributed by atoms with Crippen LogP contribution in [-0.2, 0) is 19.1 Å². The number of esters is 2. The first-order chi connectivity index (χ1) is 8.97. The van der Waals surface area contributed by atoms with Gasteiger partial charge in [-0.1, -0.05) is 12.3 Å². The fraction of sp³-hybridized carbons (Fsp3) is 0.571. The van der Waals surface area contributed by atoms with Gasteiger partial charge in [-0.3, -0.25) is 0 Å². The molecule has 0 bridgehead atoms. The average molecular weight is 268 g/mol. The number of hydrogen-bond donors (Lipinski definition) is 1. The summed E-state index contributed by atoms with van der Waals surface area (Å²) in [7, 11) is 2.45. The molecular weight excluding hydrogens is 248 g/mol. The van der Waals surface area contributed by atoms with Gasteiger partial charge in [0.1, 0.15) is 5.60 Å². The number of carbonyl (C=O) groups excluding carboxylic acids is 2. The van der Waals surface area contributed by atoms with Crippen molar-refractivity contribution in [2.45, 2.75) is 37.7 Å². The Balaban J connectivity index is 0.000000342. The van der Waals surface area contributed by atoms with Gasteiger partial charge in [0.25, 0.3) is 0 Å². The predicted octanol–water partition coefficient (Wildman–Crippen LogP) is 1.20. The van der Waals surface area contributed by atoms with Crippen LogP contribution < -0.4 is 0 Å². The van der Waals surface area contributed by atoms with Gasteiger partial charge in [-0.05, 0) is 25.7 Å². The second kappa shape index (κ2) is 9.17. The van der Waals surface area contributed by atoms with Crippen molar-refractivity contribution in [3.63, 3.8) is 0 Å². The van der Waals surface area contributed by atoms with Crippen LogP contribution in [0.25, 0.3) is 0 Å². The lowest BCUT2D eigenvalue weighted by molar-refractivity contribution is -0.137. The molecule has 0 radical (unpaired) electrons. The molecule has 0 saturated heterocycles. The Morgan fingerprint density at radius 2 is 1.53 bits per heavy atom. The van der Waals surface area contributed by atoms with E-state index in [1.165, 1.54) is 20.6 Å². The average Bonchev–Trinajstić information content (AvgIpc) is 2.45. The molecule has 5 nitrogen and oxygen atoms in total. The molecule has 19 heavy (non-hydrogen) atoms. The first-order valence-corrected chi connectivity index (χ1v) is 6.01. The molecule has 0 aliphatic heterocycles. The van der Waals surface area contributed by atoms with E-state index in [9.17, 15) is 14.7 Å². The van der Waals surface area contributed by atoms with Crippen LogP contribution in [0, 0.1) is 12.3 Å². The SMILES string of the molecule is C#CC1(O)CCCCC1.COC(=O)/C=C\C(=O)OC. The molecule has 0 unspecified atom stereocenters. The molecule has 0 aromatic rings. The minimum Gasteiger partial charge on any atom is -0.466 e. The summed E-state index contributed by atoms with van der Waals surface area (Å²) in [6, 6.07) is 0. The van der Waals surface area contributed by atoms with Gasteiger partial charge in [0, 0.05) is 12.2 Å². The van der Waals surface area contributed by atoms with Gasteiger partial charge in [0.05, 0.1) is 14.2 Å². The van der Waals surface area contributed by atoms with E-state index in [0.717, 1.165) is 37.8 Å². The standard InChI is InChI=1S/C8H12O.C6H8O4/c1-2-8(9)6-4-3-5-7-8;1-9-5(7)3-4-6(8)10-2/h1,9H,3-7H2;3-4H,1-2H3/b;4-3-. The lowest BCUT2D eigenvalue weighted by atomic mass is 9.86. The third-order valence-electron chi connectivity index (χ3n) is 2.71. The molecule has 1 aliphatic rings. The number of aliphatic hydroxyl groups is 1. The summed E-state index contributed by atoms with van der Waals surface area (Å²) in [6.45, 7) is 0. The smallest absolute Gasteiger partial charge is 0.330 e. The maximum Gasteiger partial charge on any atom is 0.330 e. The second-order valence-corrected chi connectivity index (χ2v) is 4.12. The van der Waals surface area contributed by atoms with Gasteiger partial charge in [-0.2, -0.15) is 0 Å². The summed E-state index contributed by atoms with van der Waals surface area (Å²) >= 11 is 0. The van der Waals surface area contributed by atoms with Gasteiger partial charge < -0.3 is 14.6 Å². The number of rotatable bonds is 2. The molecule has 0 amide bonds. The molecule has 1 fully saturated rings. The number of terminal acetylenes is 1. The van der Waals surface area contributed by atoms with Crippen LogP contribution in [0.4, 0.5) is 0 Å². The molecule has 0 heterocycles. The van der Waals surface area contributed by atoms with Gasteiger partial charge in [-0.15, -0.1) is 6.42 Å². The Hall–Kier alpha value is -1.80. The van der Waals surface area contributed by atoms with Crippen molar-refractivity contribution in [2.24, 2.45) is 0 Å². The van der Waals surface area contributed by atoms with Crippen LogP contribution in [0.1, 0.15) is 32.1 Å². The molecular formula is C14H20O5. The van der Waals surface area contributed by atoms with Crippen LogP contribution in [0.2, 0.25) is 0 Å². The Kier molecular flexibility index (Phi) is 8.30. The first kappa shape index (κ1) is 17.2. The van der Waals surface area contributed by atoms with E-state index in [0.29, 0.717) is 0 Å². The van der Waals surface area contributed by atoms with Crippen LogP contribution in [-0.4, -0.2) is 36.9 Å². The van der Waals surface area contributed by atoms with E-state index >= 15 is 0 Å². The lowest BCUT2D eigenvalue weighted by Crippen LogP contribution is -2.28. The quantitative estimate of drug-likeness (QED) is 0.463. The maximum absolute atomic E-state index is 10.3. The molecule has 1 N–H and O–H groups in total. The molecule has 0 atom stereocenters. The minimum atomic E-state index is -0.752. The molecule has 0 aromatic heterocycles. The zero-order valence-corrected chi connectivity index (χ0v) is 11.3. The monoisotopic (exact) mass is 268 g/mol. The van der Waals surface area contributed by atoms with E-state index in [2.05, 4.69) is 15.4 Å². The zero-order chi connectivity index (χ0) is 14.7. The molecule has 5 heteroatoms.